The minimum absolute atomic E-state index is 0.259. The van der Waals surface area contributed by atoms with Crippen molar-refractivity contribution in [2.75, 3.05) is 5.32 Å². The highest BCUT2D eigenvalue weighted by Crippen LogP contribution is 2.21. The van der Waals surface area contributed by atoms with Gasteiger partial charge >= 0.3 is 0 Å². The number of aromatic nitrogens is 5. The number of hydrogen-bond donors (Lipinski definition) is 2. The molecular weight excluding hydrogens is 304 g/mol. The second-order valence-corrected chi connectivity index (χ2v) is 6.10. The predicted octanol–water partition coefficient (Wildman–Crippen LogP) is 2.66. The second kappa shape index (κ2) is 6.66. The van der Waals surface area contributed by atoms with Gasteiger partial charge < -0.3 is 5.32 Å². The standard InChI is InChI=1S/C17H20N6O/c1-11(2)8-13-9-15(21-20-13)17(24)19-16-10-14(22-23(16)3)12-4-6-18-7-5-12/h4-7,9-11H,8H2,1-3H3,(H,19,24)(H,20,21). The van der Waals surface area contributed by atoms with Gasteiger partial charge in [-0.1, -0.05) is 13.8 Å². The Bertz CT molecular complexity index is 834. The van der Waals surface area contributed by atoms with Crippen LogP contribution in [0.2, 0.25) is 0 Å². The molecule has 0 radical (unpaired) electrons. The van der Waals surface area contributed by atoms with Crippen molar-refractivity contribution in [3.63, 3.8) is 0 Å². The maximum atomic E-state index is 12.4. The molecule has 0 aliphatic carbocycles. The van der Waals surface area contributed by atoms with Gasteiger partial charge in [0.2, 0.25) is 0 Å². The molecular formula is C17H20N6O. The molecule has 0 bridgehead atoms. The van der Waals surface area contributed by atoms with Crippen LogP contribution < -0.4 is 5.32 Å². The van der Waals surface area contributed by atoms with Crippen LogP contribution in [0.25, 0.3) is 11.3 Å². The third kappa shape index (κ3) is 3.51. The lowest BCUT2D eigenvalue weighted by Gasteiger charge is -2.02. The number of nitrogens with one attached hydrogen (secondary N) is 2. The molecule has 7 nitrogen and oxygen atoms in total. The Balaban J connectivity index is 1.75. The van der Waals surface area contributed by atoms with Gasteiger partial charge in [0.15, 0.2) is 5.69 Å². The van der Waals surface area contributed by atoms with Crippen molar-refractivity contribution in [3.05, 3.63) is 48.0 Å². The molecule has 0 aromatic carbocycles. The highest BCUT2D eigenvalue weighted by atomic mass is 16.2. The predicted molar refractivity (Wildman–Crippen MR) is 91.5 cm³/mol. The quantitative estimate of drug-likeness (QED) is 0.755. The molecule has 3 aromatic rings. The average molecular weight is 324 g/mol. The molecule has 124 valence electrons. The topological polar surface area (TPSA) is 88.5 Å². The maximum Gasteiger partial charge on any atom is 0.277 e. The molecule has 0 atom stereocenters. The van der Waals surface area contributed by atoms with Crippen molar-refractivity contribution < 1.29 is 4.79 Å². The van der Waals surface area contributed by atoms with E-state index in [1.54, 1.807) is 30.2 Å². The van der Waals surface area contributed by atoms with Crippen LogP contribution in [0.15, 0.2) is 36.7 Å². The number of aromatic amines is 1. The largest absolute Gasteiger partial charge is 0.305 e. The monoisotopic (exact) mass is 324 g/mol. The number of hydrogen-bond acceptors (Lipinski definition) is 4. The Kier molecular flexibility index (Phi) is 4.41. The van der Waals surface area contributed by atoms with Gasteiger partial charge in [0, 0.05) is 36.8 Å². The van der Waals surface area contributed by atoms with E-state index in [1.165, 1.54) is 0 Å². The molecule has 3 heterocycles. The smallest absolute Gasteiger partial charge is 0.277 e. The van der Waals surface area contributed by atoms with Gasteiger partial charge in [-0.2, -0.15) is 10.2 Å². The minimum Gasteiger partial charge on any atom is -0.305 e. The fourth-order valence-electron chi connectivity index (χ4n) is 2.45. The number of aryl methyl sites for hydroxylation is 1. The van der Waals surface area contributed by atoms with Crippen LogP contribution in [-0.4, -0.2) is 30.9 Å². The van der Waals surface area contributed by atoms with Gasteiger partial charge in [-0.05, 0) is 30.5 Å². The maximum absolute atomic E-state index is 12.4. The van der Waals surface area contributed by atoms with Gasteiger partial charge in [0.25, 0.3) is 5.91 Å². The summed E-state index contributed by atoms with van der Waals surface area (Å²) in [6.45, 7) is 4.24. The highest BCUT2D eigenvalue weighted by Gasteiger charge is 2.14. The number of carbonyl (C=O) groups excluding carboxylic acids is 1. The minimum atomic E-state index is -0.259. The highest BCUT2D eigenvalue weighted by molar-refractivity contribution is 6.02. The van der Waals surface area contributed by atoms with Gasteiger partial charge in [0.05, 0.1) is 5.69 Å². The summed E-state index contributed by atoms with van der Waals surface area (Å²) in [6, 6.07) is 7.37. The van der Waals surface area contributed by atoms with Crippen LogP contribution in [0.1, 0.15) is 30.0 Å². The molecule has 3 rings (SSSR count). The summed E-state index contributed by atoms with van der Waals surface area (Å²) in [7, 11) is 1.79. The van der Waals surface area contributed by atoms with Crippen molar-refractivity contribution >= 4 is 11.7 Å². The Morgan fingerprint density at radius 3 is 2.75 bits per heavy atom. The Labute approximate surface area is 140 Å². The molecule has 0 unspecified atom stereocenters. The second-order valence-electron chi connectivity index (χ2n) is 6.10. The molecule has 0 fully saturated rings. The normalized spacial score (nSPS) is 11.0. The van der Waals surface area contributed by atoms with Crippen LogP contribution in [-0.2, 0) is 13.5 Å². The van der Waals surface area contributed by atoms with Gasteiger partial charge in [0.1, 0.15) is 5.82 Å². The molecule has 2 N–H and O–H groups in total. The van der Waals surface area contributed by atoms with E-state index in [2.05, 4.69) is 39.4 Å². The van der Waals surface area contributed by atoms with E-state index in [0.29, 0.717) is 17.4 Å². The number of carbonyl (C=O) groups is 1. The molecule has 24 heavy (non-hydrogen) atoms. The van der Waals surface area contributed by atoms with E-state index in [4.69, 9.17) is 0 Å². The average Bonchev–Trinajstić information content (AvgIpc) is 3.15. The summed E-state index contributed by atoms with van der Waals surface area (Å²) in [6.07, 6.45) is 4.28. The van der Waals surface area contributed by atoms with Crippen LogP contribution >= 0.6 is 0 Å². The summed E-state index contributed by atoms with van der Waals surface area (Å²) in [5.74, 6) is 0.854. The van der Waals surface area contributed by atoms with E-state index in [1.807, 2.05) is 18.2 Å². The first-order chi connectivity index (χ1) is 11.5. The fraction of sp³-hybridized carbons (Fsp3) is 0.294. The fourth-order valence-corrected chi connectivity index (χ4v) is 2.45. The third-order valence-electron chi connectivity index (χ3n) is 3.59. The Morgan fingerprint density at radius 2 is 2.04 bits per heavy atom. The van der Waals surface area contributed by atoms with Crippen LogP contribution in [0.3, 0.4) is 0 Å². The Hall–Kier alpha value is -2.96. The molecule has 0 saturated carbocycles. The van der Waals surface area contributed by atoms with Crippen molar-refractivity contribution in [2.24, 2.45) is 13.0 Å². The lowest BCUT2D eigenvalue weighted by Crippen LogP contribution is -2.14. The van der Waals surface area contributed by atoms with Crippen LogP contribution in [0.5, 0.6) is 0 Å². The third-order valence-corrected chi connectivity index (χ3v) is 3.59. The molecule has 0 saturated heterocycles. The summed E-state index contributed by atoms with van der Waals surface area (Å²) in [4.78, 5) is 16.4. The van der Waals surface area contributed by atoms with E-state index < -0.39 is 0 Å². The van der Waals surface area contributed by atoms with E-state index in [-0.39, 0.29) is 5.91 Å². The van der Waals surface area contributed by atoms with E-state index in [9.17, 15) is 4.79 Å². The zero-order valence-electron chi connectivity index (χ0n) is 13.9. The zero-order chi connectivity index (χ0) is 17.1. The van der Waals surface area contributed by atoms with E-state index >= 15 is 0 Å². The first-order valence-corrected chi connectivity index (χ1v) is 7.83. The van der Waals surface area contributed by atoms with Crippen molar-refractivity contribution in [1.29, 1.82) is 0 Å². The molecule has 0 aliphatic heterocycles. The Morgan fingerprint density at radius 1 is 1.29 bits per heavy atom. The molecule has 0 aliphatic rings. The lowest BCUT2D eigenvalue weighted by atomic mass is 10.1. The SMILES string of the molecule is CC(C)Cc1cc(C(=O)Nc2cc(-c3ccncc3)nn2C)n[nH]1. The number of amides is 1. The van der Waals surface area contributed by atoms with E-state index in [0.717, 1.165) is 23.4 Å². The molecule has 0 spiro atoms. The molecule has 1 amide bonds. The molecule has 7 heteroatoms. The number of anilines is 1. The zero-order valence-corrected chi connectivity index (χ0v) is 13.9. The summed E-state index contributed by atoms with van der Waals surface area (Å²) in [5.41, 5.74) is 3.05. The first kappa shape index (κ1) is 15.9. The first-order valence-electron chi connectivity index (χ1n) is 7.83. The number of pyridine rings is 1. The number of rotatable bonds is 5. The lowest BCUT2D eigenvalue weighted by molar-refractivity contribution is 0.102. The number of nitrogens with zero attached hydrogens (tertiary/aromatic N) is 4. The van der Waals surface area contributed by atoms with Crippen LogP contribution in [0, 0.1) is 5.92 Å². The van der Waals surface area contributed by atoms with Crippen molar-refractivity contribution in [3.8, 4) is 11.3 Å². The van der Waals surface area contributed by atoms with Gasteiger partial charge in [-0.3, -0.25) is 19.6 Å². The molecule has 3 aromatic heterocycles. The summed E-state index contributed by atoms with van der Waals surface area (Å²) >= 11 is 0. The van der Waals surface area contributed by atoms with Gasteiger partial charge in [-0.25, -0.2) is 0 Å². The summed E-state index contributed by atoms with van der Waals surface area (Å²) < 4.78 is 1.63. The van der Waals surface area contributed by atoms with Crippen LogP contribution in [0.4, 0.5) is 5.82 Å². The van der Waals surface area contributed by atoms with Gasteiger partial charge in [-0.15, -0.1) is 0 Å². The van der Waals surface area contributed by atoms with Crippen molar-refractivity contribution in [2.45, 2.75) is 20.3 Å². The van der Waals surface area contributed by atoms with Crippen molar-refractivity contribution in [1.82, 2.24) is 25.0 Å². The summed E-state index contributed by atoms with van der Waals surface area (Å²) in [5, 5.41) is 14.3. The number of H-pyrrole nitrogens is 1.